The molecule has 0 spiro atoms. The molecule has 1 N–H and O–H groups in total. The molecule has 0 aliphatic carbocycles. The Kier molecular flexibility index (Phi) is 2.01. The Bertz CT molecular complexity index is 624. The van der Waals surface area contributed by atoms with Gasteiger partial charge >= 0.3 is 0 Å². The van der Waals surface area contributed by atoms with Crippen LogP contribution in [-0.4, -0.2) is 10.1 Å². The second kappa shape index (κ2) is 3.50. The first-order valence-electron chi connectivity index (χ1n) is 4.90. The summed E-state index contributed by atoms with van der Waals surface area (Å²) in [5, 5.41) is 10.1. The van der Waals surface area contributed by atoms with Crippen LogP contribution in [0.2, 0.25) is 0 Å². The van der Waals surface area contributed by atoms with Gasteiger partial charge in [-0.25, -0.2) is 4.98 Å². The van der Waals surface area contributed by atoms with Crippen LogP contribution in [0.5, 0.6) is 0 Å². The zero-order chi connectivity index (χ0) is 11.0. The normalized spacial score (nSPS) is 11.1. The number of oxazole rings is 1. The fraction of sp³-hybridized carbons (Fsp3) is 0.0833. The van der Waals surface area contributed by atoms with Crippen LogP contribution < -0.4 is 0 Å². The minimum Gasteiger partial charge on any atom is -0.464 e. The monoisotopic (exact) mass is 215 g/mol. The van der Waals surface area contributed by atoms with Gasteiger partial charge in [0.1, 0.15) is 17.5 Å². The second-order valence-electron chi connectivity index (χ2n) is 3.43. The average Bonchev–Trinajstić information content (AvgIpc) is 2.94. The van der Waals surface area contributed by atoms with Gasteiger partial charge in [-0.05, 0) is 6.07 Å². The van der Waals surface area contributed by atoms with E-state index in [0.29, 0.717) is 11.5 Å². The van der Waals surface area contributed by atoms with Gasteiger partial charge in [0.15, 0.2) is 12.2 Å². The number of furan rings is 1. The van der Waals surface area contributed by atoms with Gasteiger partial charge in [0.05, 0.1) is 12.2 Å². The first-order valence-corrected chi connectivity index (χ1v) is 4.90. The van der Waals surface area contributed by atoms with E-state index in [-0.39, 0.29) is 6.61 Å². The van der Waals surface area contributed by atoms with E-state index in [9.17, 15) is 0 Å². The van der Waals surface area contributed by atoms with Gasteiger partial charge in [-0.2, -0.15) is 0 Å². The summed E-state index contributed by atoms with van der Waals surface area (Å²) in [4.78, 5) is 3.94. The Morgan fingerprint density at radius 2 is 2.06 bits per heavy atom. The maximum absolute atomic E-state index is 9.13. The van der Waals surface area contributed by atoms with Gasteiger partial charge in [0.25, 0.3) is 0 Å². The van der Waals surface area contributed by atoms with E-state index in [0.717, 1.165) is 16.5 Å². The number of fused-ring (bicyclic) bond motifs is 1. The molecule has 0 fully saturated rings. The minimum absolute atomic E-state index is 0.147. The predicted octanol–water partition coefficient (Wildman–Crippen LogP) is 2.58. The maximum atomic E-state index is 9.13. The third-order valence-corrected chi connectivity index (χ3v) is 2.52. The second-order valence-corrected chi connectivity index (χ2v) is 3.43. The van der Waals surface area contributed by atoms with Gasteiger partial charge in [-0.3, -0.25) is 0 Å². The Morgan fingerprint density at radius 1 is 1.19 bits per heavy atom. The van der Waals surface area contributed by atoms with Crippen LogP contribution in [0.1, 0.15) is 5.69 Å². The summed E-state index contributed by atoms with van der Waals surface area (Å²) < 4.78 is 10.7. The van der Waals surface area contributed by atoms with Crippen molar-refractivity contribution in [3.8, 4) is 11.3 Å². The van der Waals surface area contributed by atoms with E-state index in [1.807, 2.05) is 24.3 Å². The summed E-state index contributed by atoms with van der Waals surface area (Å²) in [6, 6.07) is 7.66. The molecule has 0 amide bonds. The summed E-state index contributed by atoms with van der Waals surface area (Å²) in [6.45, 7) is -0.147. The van der Waals surface area contributed by atoms with Crippen molar-refractivity contribution in [1.82, 2.24) is 4.98 Å². The van der Waals surface area contributed by atoms with E-state index in [2.05, 4.69) is 4.98 Å². The van der Waals surface area contributed by atoms with E-state index >= 15 is 0 Å². The summed E-state index contributed by atoms with van der Waals surface area (Å²) in [7, 11) is 0. The Hall–Kier alpha value is -2.07. The van der Waals surface area contributed by atoms with Crippen molar-refractivity contribution in [2.45, 2.75) is 6.61 Å². The van der Waals surface area contributed by atoms with Crippen LogP contribution in [0.15, 0.2) is 45.8 Å². The highest BCUT2D eigenvalue weighted by atomic mass is 16.4. The quantitative estimate of drug-likeness (QED) is 0.713. The molecular formula is C12H9NO3. The SMILES string of the molecule is OCc1ncoc1-c1coc2ccccc12. The Labute approximate surface area is 91.1 Å². The van der Waals surface area contributed by atoms with Crippen molar-refractivity contribution in [2.24, 2.45) is 0 Å². The van der Waals surface area contributed by atoms with Gasteiger partial charge in [-0.15, -0.1) is 0 Å². The molecule has 0 unspecified atom stereocenters. The number of hydrogen-bond acceptors (Lipinski definition) is 4. The van der Waals surface area contributed by atoms with Crippen LogP contribution in [0.25, 0.3) is 22.3 Å². The van der Waals surface area contributed by atoms with E-state index < -0.39 is 0 Å². The van der Waals surface area contributed by atoms with Crippen LogP contribution in [-0.2, 0) is 6.61 Å². The summed E-state index contributed by atoms with van der Waals surface area (Å²) in [6.07, 6.45) is 2.94. The lowest BCUT2D eigenvalue weighted by Crippen LogP contribution is -1.85. The average molecular weight is 215 g/mol. The zero-order valence-electron chi connectivity index (χ0n) is 8.38. The number of benzene rings is 1. The molecule has 3 aromatic rings. The molecule has 0 bridgehead atoms. The Morgan fingerprint density at radius 3 is 2.94 bits per heavy atom. The number of hydrogen-bond donors (Lipinski definition) is 1. The Balaban J connectivity index is 2.26. The summed E-state index contributed by atoms with van der Waals surface area (Å²) >= 11 is 0. The molecule has 16 heavy (non-hydrogen) atoms. The number of aliphatic hydroxyl groups is 1. The van der Waals surface area contributed by atoms with E-state index in [1.165, 1.54) is 6.39 Å². The molecule has 0 radical (unpaired) electrons. The van der Waals surface area contributed by atoms with Gasteiger partial charge < -0.3 is 13.9 Å². The van der Waals surface area contributed by atoms with Crippen LogP contribution in [0.4, 0.5) is 0 Å². The third kappa shape index (κ3) is 1.24. The number of nitrogens with zero attached hydrogens (tertiary/aromatic N) is 1. The number of rotatable bonds is 2. The van der Waals surface area contributed by atoms with Gasteiger partial charge in [0.2, 0.25) is 0 Å². The lowest BCUT2D eigenvalue weighted by atomic mass is 10.1. The lowest BCUT2D eigenvalue weighted by Gasteiger charge is -1.94. The number of para-hydroxylation sites is 1. The first kappa shape index (κ1) is 9.18. The lowest BCUT2D eigenvalue weighted by molar-refractivity contribution is 0.277. The van der Waals surface area contributed by atoms with Crippen molar-refractivity contribution in [3.05, 3.63) is 42.6 Å². The number of aromatic nitrogens is 1. The highest BCUT2D eigenvalue weighted by molar-refractivity contribution is 5.92. The molecule has 0 saturated heterocycles. The minimum atomic E-state index is -0.147. The van der Waals surface area contributed by atoms with Crippen LogP contribution >= 0.6 is 0 Å². The summed E-state index contributed by atoms with van der Waals surface area (Å²) in [5.41, 5.74) is 2.13. The molecule has 0 aliphatic rings. The number of aliphatic hydroxyl groups excluding tert-OH is 1. The maximum Gasteiger partial charge on any atom is 0.181 e. The zero-order valence-corrected chi connectivity index (χ0v) is 8.38. The molecular weight excluding hydrogens is 206 g/mol. The van der Waals surface area contributed by atoms with Crippen molar-refractivity contribution >= 4 is 11.0 Å². The first-order chi connectivity index (χ1) is 7.90. The molecule has 2 aromatic heterocycles. The molecule has 1 aromatic carbocycles. The molecule has 0 saturated carbocycles. The molecule has 4 heteroatoms. The van der Waals surface area contributed by atoms with Gasteiger partial charge in [0, 0.05) is 5.39 Å². The highest BCUT2D eigenvalue weighted by Gasteiger charge is 2.15. The molecule has 3 rings (SSSR count). The summed E-state index contributed by atoms with van der Waals surface area (Å²) in [5.74, 6) is 0.562. The van der Waals surface area contributed by atoms with Crippen molar-refractivity contribution in [2.75, 3.05) is 0 Å². The van der Waals surface area contributed by atoms with Crippen molar-refractivity contribution in [3.63, 3.8) is 0 Å². The van der Waals surface area contributed by atoms with E-state index in [4.69, 9.17) is 13.9 Å². The molecule has 0 atom stereocenters. The third-order valence-electron chi connectivity index (χ3n) is 2.52. The highest BCUT2D eigenvalue weighted by Crippen LogP contribution is 2.32. The molecule has 0 aliphatic heterocycles. The molecule has 4 nitrogen and oxygen atoms in total. The fourth-order valence-electron chi connectivity index (χ4n) is 1.75. The predicted molar refractivity (Wildman–Crippen MR) is 57.6 cm³/mol. The van der Waals surface area contributed by atoms with Crippen LogP contribution in [0.3, 0.4) is 0 Å². The largest absolute Gasteiger partial charge is 0.464 e. The van der Waals surface area contributed by atoms with Crippen molar-refractivity contribution in [1.29, 1.82) is 0 Å². The molecule has 80 valence electrons. The van der Waals surface area contributed by atoms with E-state index in [1.54, 1.807) is 6.26 Å². The molecule has 2 heterocycles. The van der Waals surface area contributed by atoms with Crippen molar-refractivity contribution < 1.29 is 13.9 Å². The smallest absolute Gasteiger partial charge is 0.181 e. The van der Waals surface area contributed by atoms with Crippen LogP contribution in [0, 0.1) is 0 Å². The topological polar surface area (TPSA) is 59.4 Å². The standard InChI is InChI=1S/C12H9NO3/c14-5-10-12(16-7-13-10)9-6-15-11-4-2-1-3-8(9)11/h1-4,6-7,14H,5H2. The fourth-order valence-corrected chi connectivity index (χ4v) is 1.75. The van der Waals surface area contributed by atoms with Gasteiger partial charge in [-0.1, -0.05) is 18.2 Å².